The minimum atomic E-state index is -3.90. The minimum absolute atomic E-state index is 0. The van der Waals surface area contributed by atoms with Crippen LogP contribution in [0.15, 0.2) is 84.0 Å². The Kier molecular flexibility index (Phi) is 10.3. The fraction of sp³-hybridized carbons (Fsp3) is 0.0952. The van der Waals surface area contributed by atoms with Crippen LogP contribution < -0.4 is 45.0 Å². The van der Waals surface area contributed by atoms with Gasteiger partial charge in [0.1, 0.15) is 5.56 Å². The summed E-state index contributed by atoms with van der Waals surface area (Å²) in [6, 6.07) is 18.3. The molecule has 8 nitrogen and oxygen atoms in total. The fourth-order valence-electron chi connectivity index (χ4n) is 2.60. The van der Waals surface area contributed by atoms with E-state index in [4.69, 9.17) is 0 Å². The molecular weight excluding hydrogens is 475 g/mol. The number of hydrogen-bond acceptors (Lipinski definition) is 4. The van der Waals surface area contributed by atoms with E-state index in [2.05, 4.69) is 15.6 Å². The third kappa shape index (κ3) is 7.61. The Labute approximate surface area is 198 Å². The van der Waals surface area contributed by atoms with Gasteiger partial charge in [0, 0.05) is 11.8 Å². The van der Waals surface area contributed by atoms with Crippen molar-refractivity contribution in [3.8, 4) is 0 Å². The summed E-state index contributed by atoms with van der Waals surface area (Å²) in [7, 11) is -3.90. The number of halogens is 2. The van der Waals surface area contributed by atoms with E-state index in [1.807, 2.05) is 25.1 Å². The van der Waals surface area contributed by atoms with Gasteiger partial charge < -0.3 is 30.1 Å². The van der Waals surface area contributed by atoms with Gasteiger partial charge in [0.25, 0.3) is 21.8 Å². The van der Waals surface area contributed by atoms with Gasteiger partial charge in [-0.2, -0.15) is 4.57 Å². The molecule has 0 atom stereocenters. The number of hydrogen-bond donors (Lipinski definition) is 3. The van der Waals surface area contributed by atoms with Crippen molar-refractivity contribution in [2.24, 2.45) is 0 Å². The summed E-state index contributed by atoms with van der Waals surface area (Å²) in [5.74, 6) is -0.910. The second kappa shape index (κ2) is 12.2. The van der Waals surface area contributed by atoms with Gasteiger partial charge in [0.05, 0.1) is 4.90 Å². The van der Waals surface area contributed by atoms with Gasteiger partial charge in [-0.15, -0.1) is 4.83 Å². The number of nitrogens with zero attached hydrogens (tertiary/aromatic N) is 1. The number of carbonyl (C=O) groups excluding carboxylic acids is 2. The average molecular weight is 496 g/mol. The van der Waals surface area contributed by atoms with E-state index in [1.54, 1.807) is 36.5 Å². The zero-order valence-corrected chi connectivity index (χ0v) is 19.3. The number of hydrazine groups is 1. The molecule has 0 bridgehead atoms. The summed E-state index contributed by atoms with van der Waals surface area (Å²) >= 11 is 0. The summed E-state index contributed by atoms with van der Waals surface area (Å²) in [6.45, 7) is 1.83. The van der Waals surface area contributed by atoms with Crippen molar-refractivity contribution in [1.29, 1.82) is 0 Å². The van der Waals surface area contributed by atoms with Crippen LogP contribution in [0.4, 0.5) is 5.69 Å². The highest BCUT2D eigenvalue weighted by Crippen LogP contribution is 2.09. The molecule has 3 aromatic rings. The predicted molar refractivity (Wildman–Crippen MR) is 111 cm³/mol. The first-order valence-corrected chi connectivity index (χ1v) is 10.5. The summed E-state index contributed by atoms with van der Waals surface area (Å²) in [6.07, 6.45) is 3.10. The van der Waals surface area contributed by atoms with Crippen LogP contribution in [0.5, 0.6) is 0 Å². The van der Waals surface area contributed by atoms with Crippen molar-refractivity contribution in [2.45, 2.75) is 18.4 Å². The predicted octanol–water partition coefficient (Wildman–Crippen LogP) is -4.45. The zero-order chi connectivity index (χ0) is 21.6. The summed E-state index contributed by atoms with van der Waals surface area (Å²) in [5.41, 5.74) is 3.96. The number of aromatic nitrogens is 1. The molecule has 32 heavy (non-hydrogen) atoms. The maximum atomic E-state index is 12.4. The van der Waals surface area contributed by atoms with E-state index in [9.17, 15) is 18.0 Å². The SMILES string of the molecule is Cc1ccc(S(=O)(=O)NNC(=O)c2ccc[n+](CC(=O)Nc3ccccc3)c2)cc1.[Cl-].[Cl-]. The first-order valence-electron chi connectivity index (χ1n) is 9.06. The third-order valence-electron chi connectivity index (χ3n) is 4.13. The number of aryl methyl sites for hydroxylation is 1. The Bertz CT molecular complexity index is 1160. The maximum absolute atomic E-state index is 12.4. The van der Waals surface area contributed by atoms with Gasteiger partial charge >= 0.3 is 0 Å². The highest BCUT2D eigenvalue weighted by Gasteiger charge is 2.18. The molecule has 1 aromatic heterocycles. The zero-order valence-electron chi connectivity index (χ0n) is 17.0. The van der Waals surface area contributed by atoms with Crippen LogP contribution in [0.3, 0.4) is 0 Å². The third-order valence-corrected chi connectivity index (χ3v) is 5.40. The number of rotatable bonds is 7. The lowest BCUT2D eigenvalue weighted by Gasteiger charge is -2.08. The first kappa shape index (κ1) is 27.1. The molecule has 3 rings (SSSR count). The number of sulfonamides is 1. The van der Waals surface area contributed by atoms with Crippen LogP contribution in [0, 0.1) is 6.92 Å². The molecule has 11 heteroatoms. The van der Waals surface area contributed by atoms with Crippen LogP contribution in [-0.2, 0) is 21.4 Å². The maximum Gasteiger partial charge on any atom is 0.290 e. The lowest BCUT2D eigenvalue weighted by molar-refractivity contribution is -0.684. The molecule has 0 fully saturated rings. The van der Waals surface area contributed by atoms with Crippen LogP contribution in [-0.4, -0.2) is 20.2 Å². The van der Waals surface area contributed by atoms with Gasteiger partial charge in [-0.25, -0.2) is 8.42 Å². The van der Waals surface area contributed by atoms with Crippen molar-refractivity contribution in [1.82, 2.24) is 10.3 Å². The number of carbonyl (C=O) groups is 2. The quantitative estimate of drug-likeness (QED) is 0.227. The van der Waals surface area contributed by atoms with Gasteiger partial charge in [0.2, 0.25) is 6.54 Å². The number of anilines is 1. The number of pyridine rings is 1. The van der Waals surface area contributed by atoms with E-state index >= 15 is 0 Å². The molecule has 2 aromatic carbocycles. The van der Waals surface area contributed by atoms with Crippen molar-refractivity contribution < 1.29 is 47.4 Å². The van der Waals surface area contributed by atoms with Gasteiger partial charge in [0.15, 0.2) is 12.4 Å². The van der Waals surface area contributed by atoms with E-state index in [-0.39, 0.29) is 47.7 Å². The molecular formula is C21H21Cl2N4O4S-. The van der Waals surface area contributed by atoms with E-state index in [1.165, 1.54) is 29.0 Å². The van der Waals surface area contributed by atoms with Crippen LogP contribution in [0.2, 0.25) is 0 Å². The van der Waals surface area contributed by atoms with Crippen molar-refractivity contribution in [2.75, 3.05) is 5.32 Å². The number of benzene rings is 2. The Morgan fingerprint density at radius 3 is 2.22 bits per heavy atom. The molecule has 2 amide bonds. The van der Waals surface area contributed by atoms with Crippen LogP contribution in [0.25, 0.3) is 0 Å². The van der Waals surface area contributed by atoms with Crippen LogP contribution >= 0.6 is 0 Å². The monoisotopic (exact) mass is 495 g/mol. The van der Waals surface area contributed by atoms with Gasteiger partial charge in [-0.1, -0.05) is 35.9 Å². The summed E-state index contributed by atoms with van der Waals surface area (Å²) < 4.78 is 26.1. The normalized spacial score (nSPS) is 10.3. The van der Waals surface area contributed by atoms with Crippen molar-refractivity contribution >= 4 is 27.5 Å². The highest BCUT2D eigenvalue weighted by molar-refractivity contribution is 7.89. The Balaban J connectivity index is 0.00000256. The molecule has 0 unspecified atom stereocenters. The number of nitrogens with one attached hydrogen (secondary N) is 3. The van der Waals surface area contributed by atoms with Gasteiger partial charge in [-0.05, 0) is 37.3 Å². The second-order valence-electron chi connectivity index (χ2n) is 6.55. The molecule has 0 saturated carbocycles. The standard InChI is InChI=1S/C21H20N4O4S.2ClH/c1-16-9-11-19(12-10-16)30(28,29)24-23-21(27)17-6-5-13-25(14-17)15-20(26)22-18-7-3-2-4-8-18;;/h2-14,24H,15H2,1H3,(H-,22,23,26,27);2*1H/p-1. The molecule has 0 aliphatic rings. The van der Waals surface area contributed by atoms with Crippen molar-refractivity contribution in [3.05, 3.63) is 90.3 Å². The number of para-hydroxylation sites is 1. The van der Waals surface area contributed by atoms with Crippen molar-refractivity contribution in [3.63, 3.8) is 0 Å². The average Bonchev–Trinajstić information content (AvgIpc) is 2.73. The van der Waals surface area contributed by atoms with Crippen LogP contribution in [0.1, 0.15) is 15.9 Å². The van der Waals surface area contributed by atoms with E-state index in [0.717, 1.165) is 5.56 Å². The molecule has 170 valence electrons. The fourth-order valence-corrected chi connectivity index (χ4v) is 3.44. The molecule has 0 spiro atoms. The molecule has 0 radical (unpaired) electrons. The Hall–Kier alpha value is -2.98. The topological polar surface area (TPSA) is 108 Å². The Morgan fingerprint density at radius 2 is 1.56 bits per heavy atom. The second-order valence-corrected chi connectivity index (χ2v) is 8.23. The van der Waals surface area contributed by atoms with E-state index in [0.29, 0.717) is 5.69 Å². The lowest BCUT2D eigenvalue weighted by atomic mass is 10.2. The molecule has 0 aliphatic heterocycles. The smallest absolute Gasteiger partial charge is 0.290 e. The molecule has 3 N–H and O–H groups in total. The summed E-state index contributed by atoms with van der Waals surface area (Å²) in [4.78, 5) is 26.6. The summed E-state index contributed by atoms with van der Waals surface area (Å²) in [5, 5.41) is 2.75. The lowest BCUT2D eigenvalue weighted by Crippen LogP contribution is -3.00. The molecule has 0 aliphatic carbocycles. The molecule has 0 saturated heterocycles. The highest BCUT2D eigenvalue weighted by atomic mass is 35.5. The first-order chi connectivity index (χ1) is 14.3. The Morgan fingerprint density at radius 1 is 0.906 bits per heavy atom. The number of amides is 2. The minimum Gasteiger partial charge on any atom is -1.00 e. The largest absolute Gasteiger partial charge is 1.00 e. The van der Waals surface area contributed by atoms with E-state index < -0.39 is 15.9 Å². The molecule has 1 heterocycles. The van der Waals surface area contributed by atoms with Gasteiger partial charge in [-0.3, -0.25) is 15.0 Å².